The van der Waals surface area contributed by atoms with Gasteiger partial charge in [0.2, 0.25) is 0 Å². The van der Waals surface area contributed by atoms with Gasteiger partial charge in [-0.25, -0.2) is 4.99 Å². The van der Waals surface area contributed by atoms with Crippen LogP contribution in [0.25, 0.3) is 0 Å². The van der Waals surface area contributed by atoms with E-state index in [4.69, 9.17) is 9.73 Å². The first-order chi connectivity index (χ1) is 11.8. The van der Waals surface area contributed by atoms with Crippen molar-refractivity contribution in [2.24, 2.45) is 4.99 Å². The Balaban J connectivity index is 1.48. The number of ether oxygens (including phenoxy) is 1. The summed E-state index contributed by atoms with van der Waals surface area (Å²) in [5, 5.41) is 6.79. The van der Waals surface area contributed by atoms with Gasteiger partial charge < -0.3 is 15.4 Å². The molecule has 2 fully saturated rings. The number of aryl methyl sites for hydroxylation is 1. The summed E-state index contributed by atoms with van der Waals surface area (Å²) in [4.78, 5) is 10.0. The van der Waals surface area contributed by atoms with Crippen LogP contribution in [-0.2, 0) is 17.7 Å². The molecule has 2 aliphatic heterocycles. The molecule has 0 aliphatic carbocycles. The molecule has 2 aliphatic rings. The quantitative estimate of drug-likeness (QED) is 0.610. The van der Waals surface area contributed by atoms with Crippen molar-refractivity contribution in [2.75, 3.05) is 32.8 Å². The summed E-state index contributed by atoms with van der Waals surface area (Å²) in [5.74, 6) is 0.885. The number of morpholine rings is 1. The van der Waals surface area contributed by atoms with Crippen molar-refractivity contribution in [1.29, 1.82) is 0 Å². The highest BCUT2D eigenvalue weighted by Crippen LogP contribution is 2.22. The maximum absolute atomic E-state index is 6.02. The predicted octanol–water partition coefficient (Wildman–Crippen LogP) is 2.23. The fourth-order valence-electron chi connectivity index (χ4n) is 3.42. The van der Waals surface area contributed by atoms with E-state index in [9.17, 15) is 0 Å². The van der Waals surface area contributed by atoms with Crippen LogP contribution in [0.15, 0.2) is 17.1 Å². The van der Waals surface area contributed by atoms with E-state index >= 15 is 0 Å². The summed E-state index contributed by atoms with van der Waals surface area (Å²) < 4.78 is 6.02. The first kappa shape index (κ1) is 17.7. The monoisotopic (exact) mass is 350 g/mol. The standard InChI is InChI=1S/C18H30N4OS/c1-3-16-7-8-17(24-16)11-21-18(19-4-2)20-10-15-12-22-9-5-6-14(22)13-23-15/h7-8,14-15H,3-6,9-13H2,1-2H3,(H2,19,20,21). The van der Waals surface area contributed by atoms with Gasteiger partial charge in [-0.3, -0.25) is 4.90 Å². The van der Waals surface area contributed by atoms with Crippen LogP contribution in [-0.4, -0.2) is 55.8 Å². The van der Waals surface area contributed by atoms with Crippen LogP contribution < -0.4 is 10.6 Å². The summed E-state index contributed by atoms with van der Waals surface area (Å²) in [6, 6.07) is 5.06. The fraction of sp³-hybridized carbons (Fsp3) is 0.722. The number of nitrogens with zero attached hydrogens (tertiary/aromatic N) is 2. The number of rotatable bonds is 6. The molecule has 0 amide bonds. The smallest absolute Gasteiger partial charge is 0.191 e. The molecule has 2 unspecified atom stereocenters. The summed E-state index contributed by atoms with van der Waals surface area (Å²) in [6.45, 7) is 9.88. The molecule has 1 aromatic heterocycles. The van der Waals surface area contributed by atoms with Crippen LogP contribution in [0.1, 0.15) is 36.4 Å². The van der Waals surface area contributed by atoms with E-state index in [2.05, 4.69) is 41.5 Å². The van der Waals surface area contributed by atoms with Gasteiger partial charge in [-0.15, -0.1) is 11.3 Å². The van der Waals surface area contributed by atoms with E-state index in [0.29, 0.717) is 6.04 Å². The van der Waals surface area contributed by atoms with Crippen LogP contribution in [0.4, 0.5) is 0 Å². The van der Waals surface area contributed by atoms with Gasteiger partial charge in [0.05, 0.1) is 19.3 Å². The average Bonchev–Trinajstić information content (AvgIpc) is 3.25. The van der Waals surface area contributed by atoms with E-state index in [1.165, 1.54) is 29.1 Å². The number of aliphatic imine (C=N–C) groups is 1. The number of guanidine groups is 1. The van der Waals surface area contributed by atoms with Gasteiger partial charge >= 0.3 is 0 Å². The highest BCUT2D eigenvalue weighted by molar-refractivity contribution is 7.11. The number of hydrogen-bond acceptors (Lipinski definition) is 4. The topological polar surface area (TPSA) is 48.9 Å². The largest absolute Gasteiger partial charge is 0.373 e. The van der Waals surface area contributed by atoms with Crippen molar-refractivity contribution in [1.82, 2.24) is 15.5 Å². The molecule has 0 spiro atoms. The lowest BCUT2D eigenvalue weighted by molar-refractivity contribution is -0.0453. The fourth-order valence-corrected chi connectivity index (χ4v) is 4.30. The zero-order valence-corrected chi connectivity index (χ0v) is 15.7. The minimum Gasteiger partial charge on any atom is -0.373 e. The third kappa shape index (κ3) is 4.71. The second kappa shape index (κ2) is 8.83. The summed E-state index contributed by atoms with van der Waals surface area (Å²) >= 11 is 1.86. The van der Waals surface area contributed by atoms with Gasteiger partial charge in [0.1, 0.15) is 0 Å². The molecule has 24 heavy (non-hydrogen) atoms. The molecule has 3 rings (SSSR count). The first-order valence-corrected chi connectivity index (χ1v) is 10.1. The van der Waals surface area contributed by atoms with E-state index in [1.54, 1.807) is 0 Å². The maximum Gasteiger partial charge on any atom is 0.191 e. The Kier molecular flexibility index (Phi) is 6.51. The highest BCUT2D eigenvalue weighted by Gasteiger charge is 2.32. The van der Waals surface area contributed by atoms with Crippen molar-refractivity contribution in [3.05, 3.63) is 21.9 Å². The Hall–Kier alpha value is -1.11. The van der Waals surface area contributed by atoms with Crippen LogP contribution in [0, 0.1) is 0 Å². The van der Waals surface area contributed by atoms with Crippen molar-refractivity contribution in [2.45, 2.75) is 51.8 Å². The van der Waals surface area contributed by atoms with Crippen LogP contribution >= 0.6 is 11.3 Å². The van der Waals surface area contributed by atoms with Gasteiger partial charge in [0.15, 0.2) is 5.96 Å². The minimum atomic E-state index is 0.261. The first-order valence-electron chi connectivity index (χ1n) is 9.24. The number of thiophene rings is 1. The van der Waals surface area contributed by atoms with E-state index < -0.39 is 0 Å². The van der Waals surface area contributed by atoms with Crippen molar-refractivity contribution >= 4 is 17.3 Å². The molecule has 134 valence electrons. The molecule has 2 saturated heterocycles. The molecule has 0 saturated carbocycles. The molecule has 2 N–H and O–H groups in total. The molecule has 3 heterocycles. The minimum absolute atomic E-state index is 0.261. The van der Waals surface area contributed by atoms with E-state index in [-0.39, 0.29) is 6.10 Å². The van der Waals surface area contributed by atoms with Crippen molar-refractivity contribution in [3.63, 3.8) is 0 Å². The lowest BCUT2D eigenvalue weighted by atomic mass is 10.2. The molecule has 0 radical (unpaired) electrons. The molecule has 5 nitrogen and oxygen atoms in total. The maximum atomic E-state index is 6.02. The van der Waals surface area contributed by atoms with Gasteiger partial charge in [-0.2, -0.15) is 0 Å². The zero-order chi connectivity index (χ0) is 16.8. The Morgan fingerprint density at radius 2 is 2.21 bits per heavy atom. The third-order valence-electron chi connectivity index (χ3n) is 4.76. The van der Waals surface area contributed by atoms with Crippen LogP contribution in [0.2, 0.25) is 0 Å². The van der Waals surface area contributed by atoms with Crippen LogP contribution in [0.3, 0.4) is 0 Å². The Morgan fingerprint density at radius 3 is 3.00 bits per heavy atom. The van der Waals surface area contributed by atoms with E-state index in [1.807, 2.05) is 11.3 Å². The van der Waals surface area contributed by atoms with Gasteiger partial charge in [0.25, 0.3) is 0 Å². The van der Waals surface area contributed by atoms with Gasteiger partial charge in [0, 0.05) is 35.4 Å². The summed E-state index contributed by atoms with van der Waals surface area (Å²) in [6.07, 6.45) is 3.98. The zero-order valence-electron chi connectivity index (χ0n) is 14.9. The molecular formula is C18H30N4OS. The number of nitrogens with one attached hydrogen (secondary N) is 2. The average molecular weight is 351 g/mol. The van der Waals surface area contributed by atoms with Gasteiger partial charge in [-0.05, 0) is 44.9 Å². The SMILES string of the molecule is CCNC(=NCc1ccc(CC)s1)NCC1CN2CCCC2CO1. The second-order valence-electron chi connectivity index (χ2n) is 6.54. The lowest BCUT2D eigenvalue weighted by Gasteiger charge is -2.35. The molecular weight excluding hydrogens is 320 g/mol. The second-order valence-corrected chi connectivity index (χ2v) is 7.80. The summed E-state index contributed by atoms with van der Waals surface area (Å²) in [5.41, 5.74) is 0. The predicted molar refractivity (Wildman–Crippen MR) is 101 cm³/mol. The molecule has 2 atom stereocenters. The van der Waals surface area contributed by atoms with Crippen molar-refractivity contribution in [3.8, 4) is 0 Å². The third-order valence-corrected chi connectivity index (χ3v) is 5.98. The Bertz CT molecular complexity index is 545. The van der Waals surface area contributed by atoms with Gasteiger partial charge in [-0.1, -0.05) is 6.92 Å². The normalized spacial score (nSPS) is 24.8. The molecule has 0 aromatic carbocycles. The lowest BCUT2D eigenvalue weighted by Crippen LogP contribution is -2.51. The highest BCUT2D eigenvalue weighted by atomic mass is 32.1. The Labute approximate surface area is 149 Å². The van der Waals surface area contributed by atoms with Crippen LogP contribution in [0.5, 0.6) is 0 Å². The molecule has 0 bridgehead atoms. The van der Waals surface area contributed by atoms with Crippen molar-refractivity contribution < 1.29 is 4.74 Å². The Morgan fingerprint density at radius 1 is 1.33 bits per heavy atom. The number of fused-ring (bicyclic) bond motifs is 1. The summed E-state index contributed by atoms with van der Waals surface area (Å²) in [7, 11) is 0. The van der Waals surface area contributed by atoms with E-state index in [0.717, 1.165) is 45.2 Å². The number of hydrogen-bond donors (Lipinski definition) is 2. The molecule has 6 heteroatoms. The molecule has 1 aromatic rings.